The van der Waals surface area contributed by atoms with E-state index >= 15 is 0 Å². The molecule has 1 saturated carbocycles. The largest absolute Gasteiger partial charge is 0.496 e. The smallest absolute Gasteiger partial charge is 0.148 e. The number of furan rings is 1. The first-order chi connectivity index (χ1) is 18.4. The lowest BCUT2D eigenvalue weighted by molar-refractivity contribution is 0.316. The maximum atomic E-state index is 6.64. The summed E-state index contributed by atoms with van der Waals surface area (Å²) >= 11 is 0. The van der Waals surface area contributed by atoms with Crippen LogP contribution in [0.3, 0.4) is 0 Å². The highest BCUT2D eigenvalue weighted by atomic mass is 16.5. The lowest BCUT2D eigenvalue weighted by atomic mass is 9.78. The molecule has 6 rings (SSSR count). The third-order valence-electron chi connectivity index (χ3n) is 8.71. The fraction of sp³-hybridized carbons (Fsp3) is 0.343. The first kappa shape index (κ1) is 24.7. The second-order valence-corrected chi connectivity index (χ2v) is 11.3. The highest BCUT2D eigenvalue weighted by Crippen LogP contribution is 2.43. The Kier molecular flexibility index (Phi) is 6.47. The summed E-state index contributed by atoms with van der Waals surface area (Å²) in [6, 6.07) is 19.7. The van der Waals surface area contributed by atoms with Crippen LogP contribution in [0.2, 0.25) is 0 Å². The van der Waals surface area contributed by atoms with E-state index in [-0.39, 0.29) is 0 Å². The van der Waals surface area contributed by atoms with E-state index in [1.54, 1.807) is 7.11 Å². The number of aryl methyl sites for hydroxylation is 3. The summed E-state index contributed by atoms with van der Waals surface area (Å²) in [5.74, 6) is 2.11. The van der Waals surface area contributed by atoms with Gasteiger partial charge in [0.25, 0.3) is 0 Å². The minimum atomic E-state index is 0.532. The van der Waals surface area contributed by atoms with Gasteiger partial charge in [0.15, 0.2) is 0 Å². The normalized spacial score (nSPS) is 15.3. The van der Waals surface area contributed by atoms with Crippen LogP contribution < -0.4 is 4.74 Å². The molecule has 1 aliphatic rings. The topological polar surface area (TPSA) is 35.3 Å². The van der Waals surface area contributed by atoms with Crippen LogP contribution >= 0.6 is 0 Å². The Morgan fingerprint density at radius 1 is 0.895 bits per heavy atom. The van der Waals surface area contributed by atoms with Gasteiger partial charge in [-0.3, -0.25) is 4.98 Å². The number of hydrogen-bond acceptors (Lipinski definition) is 3. The van der Waals surface area contributed by atoms with Crippen molar-refractivity contribution in [3.63, 3.8) is 0 Å². The van der Waals surface area contributed by atoms with Crippen molar-refractivity contribution in [1.29, 1.82) is 0 Å². The number of pyridine rings is 1. The van der Waals surface area contributed by atoms with Gasteiger partial charge in [0, 0.05) is 17.1 Å². The van der Waals surface area contributed by atoms with Gasteiger partial charge in [0.2, 0.25) is 0 Å². The van der Waals surface area contributed by atoms with Crippen molar-refractivity contribution < 1.29 is 9.15 Å². The zero-order chi connectivity index (χ0) is 26.4. The highest BCUT2D eigenvalue weighted by molar-refractivity contribution is 6.13. The number of fused-ring (bicyclic) bond motifs is 3. The van der Waals surface area contributed by atoms with E-state index in [1.807, 2.05) is 12.3 Å². The zero-order valence-electron chi connectivity index (χ0n) is 23.2. The maximum Gasteiger partial charge on any atom is 0.148 e. The van der Waals surface area contributed by atoms with Crippen LogP contribution in [0.4, 0.5) is 0 Å². The van der Waals surface area contributed by atoms with Crippen molar-refractivity contribution in [1.82, 2.24) is 4.98 Å². The summed E-state index contributed by atoms with van der Waals surface area (Å²) in [4.78, 5) is 4.81. The molecule has 1 aliphatic carbocycles. The van der Waals surface area contributed by atoms with E-state index < -0.39 is 0 Å². The highest BCUT2D eigenvalue weighted by Gasteiger charge is 2.23. The van der Waals surface area contributed by atoms with Crippen LogP contribution in [0.1, 0.15) is 67.2 Å². The van der Waals surface area contributed by atoms with Gasteiger partial charge < -0.3 is 9.15 Å². The van der Waals surface area contributed by atoms with Crippen LogP contribution in [0.5, 0.6) is 5.75 Å². The molecule has 0 aliphatic heterocycles. The van der Waals surface area contributed by atoms with Crippen LogP contribution in [0, 0.1) is 26.7 Å². The van der Waals surface area contributed by atoms with Crippen LogP contribution in [0.25, 0.3) is 44.3 Å². The quantitative estimate of drug-likeness (QED) is 0.239. The van der Waals surface area contributed by atoms with Gasteiger partial charge >= 0.3 is 0 Å². The molecule has 3 nitrogen and oxygen atoms in total. The SMILES string of the molecule is COc1ccc(-c2cc(C(C)C3CCCCC3)ccn2)c2oc3cc(-c4c(C)cc(C)cc4C)ccc3c12. The summed E-state index contributed by atoms with van der Waals surface area (Å²) in [7, 11) is 1.73. The molecule has 5 aromatic rings. The van der Waals surface area contributed by atoms with E-state index in [9.17, 15) is 0 Å². The van der Waals surface area contributed by atoms with Gasteiger partial charge in [-0.15, -0.1) is 0 Å². The van der Waals surface area contributed by atoms with Gasteiger partial charge in [-0.2, -0.15) is 0 Å². The number of benzene rings is 3. The van der Waals surface area contributed by atoms with Crippen molar-refractivity contribution in [2.24, 2.45) is 5.92 Å². The molecule has 0 radical (unpaired) electrons. The first-order valence-electron chi connectivity index (χ1n) is 14.0. The van der Waals surface area contributed by atoms with Crippen LogP contribution in [-0.2, 0) is 0 Å². The Morgan fingerprint density at radius 2 is 1.66 bits per heavy atom. The minimum Gasteiger partial charge on any atom is -0.496 e. The van der Waals surface area contributed by atoms with Crippen molar-refractivity contribution in [3.8, 4) is 28.1 Å². The summed E-state index contributed by atoms with van der Waals surface area (Å²) in [6.07, 6.45) is 8.72. The molecule has 38 heavy (non-hydrogen) atoms. The van der Waals surface area contributed by atoms with Crippen LogP contribution in [-0.4, -0.2) is 12.1 Å². The molecule has 1 unspecified atom stereocenters. The second kappa shape index (κ2) is 9.94. The predicted octanol–water partition coefficient (Wildman–Crippen LogP) is 9.93. The zero-order valence-corrected chi connectivity index (χ0v) is 23.2. The van der Waals surface area contributed by atoms with Crippen molar-refractivity contribution in [2.45, 2.75) is 65.7 Å². The molecule has 194 valence electrons. The molecule has 0 spiro atoms. The summed E-state index contributed by atoms with van der Waals surface area (Å²) < 4.78 is 12.5. The van der Waals surface area contributed by atoms with Gasteiger partial charge in [0.05, 0.1) is 18.2 Å². The number of ether oxygens (including phenoxy) is 1. The molecular formula is C35H37NO2. The predicted molar refractivity (Wildman–Crippen MR) is 158 cm³/mol. The standard InChI is InChI=1S/C35H37NO2/c1-21-17-22(2)33(23(3)18-21)27-11-12-29-32(20-27)38-35-28(13-14-31(37-5)34(29)35)30-19-26(15-16-36-30)24(4)25-9-7-6-8-10-25/h11-20,24-25H,6-10H2,1-5H3. The number of hydrogen-bond donors (Lipinski definition) is 0. The molecule has 3 heteroatoms. The van der Waals surface area contributed by atoms with Crippen molar-refractivity contribution >= 4 is 21.9 Å². The van der Waals surface area contributed by atoms with Gasteiger partial charge in [-0.05, 0) is 110 Å². The molecule has 3 aromatic carbocycles. The Labute approximate surface area is 225 Å². The summed E-state index contributed by atoms with van der Waals surface area (Å²) in [5.41, 5.74) is 11.3. The average Bonchev–Trinajstić information content (AvgIpc) is 3.31. The molecule has 1 fully saturated rings. The van der Waals surface area contributed by atoms with Gasteiger partial charge in [-0.1, -0.05) is 49.9 Å². The first-order valence-corrected chi connectivity index (χ1v) is 14.0. The van der Waals surface area contributed by atoms with Crippen molar-refractivity contribution in [2.75, 3.05) is 7.11 Å². The molecule has 1 atom stereocenters. The summed E-state index contributed by atoms with van der Waals surface area (Å²) in [6.45, 7) is 8.91. The number of methoxy groups -OCH3 is 1. The Hall–Kier alpha value is -3.59. The van der Waals surface area contributed by atoms with E-state index in [0.29, 0.717) is 5.92 Å². The third kappa shape index (κ3) is 4.28. The molecule has 2 aromatic heterocycles. The summed E-state index contributed by atoms with van der Waals surface area (Å²) in [5, 5.41) is 2.08. The molecular weight excluding hydrogens is 466 g/mol. The molecule has 0 saturated heterocycles. The van der Waals surface area contributed by atoms with Gasteiger partial charge in [-0.25, -0.2) is 0 Å². The Morgan fingerprint density at radius 3 is 2.39 bits per heavy atom. The number of aromatic nitrogens is 1. The Balaban J connectivity index is 1.48. The number of rotatable bonds is 5. The van der Waals surface area contributed by atoms with E-state index in [1.165, 1.54) is 65.5 Å². The van der Waals surface area contributed by atoms with Gasteiger partial charge in [0.1, 0.15) is 16.9 Å². The van der Waals surface area contributed by atoms with Crippen LogP contribution in [0.15, 0.2) is 65.2 Å². The molecule has 2 heterocycles. The lowest BCUT2D eigenvalue weighted by Gasteiger charge is -2.28. The number of nitrogens with zero attached hydrogens (tertiary/aromatic N) is 1. The fourth-order valence-electron chi connectivity index (χ4n) is 6.80. The van der Waals surface area contributed by atoms with E-state index in [0.717, 1.165) is 44.9 Å². The third-order valence-corrected chi connectivity index (χ3v) is 8.71. The maximum absolute atomic E-state index is 6.64. The fourth-order valence-corrected chi connectivity index (χ4v) is 6.80. The monoisotopic (exact) mass is 503 g/mol. The van der Waals surface area contributed by atoms with E-state index in [2.05, 4.69) is 76.2 Å². The van der Waals surface area contributed by atoms with Crippen molar-refractivity contribution in [3.05, 3.63) is 83.0 Å². The van der Waals surface area contributed by atoms with E-state index in [4.69, 9.17) is 14.1 Å². The average molecular weight is 504 g/mol. The Bertz CT molecular complexity index is 1610. The lowest BCUT2D eigenvalue weighted by Crippen LogP contribution is -2.14. The second-order valence-electron chi connectivity index (χ2n) is 11.3. The molecule has 0 N–H and O–H groups in total. The molecule has 0 bridgehead atoms. The molecule has 0 amide bonds. The minimum absolute atomic E-state index is 0.532.